The largest absolute Gasteiger partial charge is 0.456 e. The van der Waals surface area contributed by atoms with Crippen LogP contribution in [0.1, 0.15) is 54.4 Å². The summed E-state index contributed by atoms with van der Waals surface area (Å²) in [5.41, 5.74) is 2.19. The van der Waals surface area contributed by atoms with E-state index in [1.165, 1.54) is 6.92 Å². The van der Waals surface area contributed by atoms with E-state index in [1.807, 2.05) is 18.4 Å². The van der Waals surface area contributed by atoms with E-state index in [9.17, 15) is 19.2 Å². The number of hydrogen-bond donors (Lipinski definition) is 0. The molecule has 1 aromatic rings. The molecule has 0 spiro atoms. The third kappa shape index (κ3) is 4.05. The Morgan fingerprint density at radius 2 is 1.73 bits per heavy atom. The van der Waals surface area contributed by atoms with Crippen molar-refractivity contribution in [3.05, 3.63) is 23.0 Å². The summed E-state index contributed by atoms with van der Waals surface area (Å²) in [5, 5.41) is 0. The molecule has 2 fully saturated rings. The topological polar surface area (TPSA) is 94.9 Å². The van der Waals surface area contributed by atoms with Gasteiger partial charge in [-0.05, 0) is 39.7 Å². The van der Waals surface area contributed by atoms with Crippen LogP contribution in [-0.4, -0.2) is 59.4 Å². The van der Waals surface area contributed by atoms with Crippen LogP contribution in [0.3, 0.4) is 0 Å². The molecule has 0 N–H and O–H groups in total. The second-order valence-corrected chi connectivity index (χ2v) is 8.18. The van der Waals surface area contributed by atoms with Gasteiger partial charge in [0.2, 0.25) is 17.6 Å². The molecule has 2 amide bonds. The summed E-state index contributed by atoms with van der Waals surface area (Å²) in [6.07, 6.45) is 3.21. The van der Waals surface area contributed by atoms with Crippen LogP contribution in [0.25, 0.3) is 0 Å². The quantitative estimate of drug-likeness (QED) is 0.364. The second kappa shape index (κ2) is 9.12. The number of amides is 2. The number of aromatic nitrogens is 1. The lowest BCUT2D eigenvalue weighted by atomic mass is 9.81. The van der Waals surface area contributed by atoms with E-state index in [0.717, 1.165) is 29.1 Å². The molecule has 3 atom stereocenters. The van der Waals surface area contributed by atoms with E-state index in [1.54, 1.807) is 13.2 Å². The monoisotopic (exact) mass is 418 g/mol. The number of rotatable bonds is 8. The van der Waals surface area contributed by atoms with E-state index in [-0.39, 0.29) is 29.4 Å². The van der Waals surface area contributed by atoms with Gasteiger partial charge in [-0.25, -0.2) is 4.79 Å². The summed E-state index contributed by atoms with van der Waals surface area (Å²) in [4.78, 5) is 51.5. The lowest BCUT2D eigenvalue weighted by molar-refractivity contribution is -0.157. The number of ketones is 1. The number of methoxy groups -OCH3 is 1. The molecule has 1 saturated carbocycles. The smallest absolute Gasteiger partial charge is 0.329 e. The zero-order valence-corrected chi connectivity index (χ0v) is 18.1. The molecule has 2 aliphatic rings. The minimum absolute atomic E-state index is 0.290. The van der Waals surface area contributed by atoms with E-state index in [2.05, 4.69) is 0 Å². The molecular weight excluding hydrogens is 388 g/mol. The first kappa shape index (κ1) is 22.2. The molecule has 3 rings (SSSR count). The molecule has 2 heterocycles. The van der Waals surface area contributed by atoms with Gasteiger partial charge in [-0.3, -0.25) is 19.3 Å². The molecule has 1 aromatic heterocycles. The lowest BCUT2D eigenvalue weighted by Gasteiger charge is -2.21. The second-order valence-electron chi connectivity index (χ2n) is 8.18. The Morgan fingerprint density at radius 3 is 2.30 bits per heavy atom. The minimum Gasteiger partial charge on any atom is -0.456 e. The van der Waals surface area contributed by atoms with Gasteiger partial charge in [0, 0.05) is 30.6 Å². The number of nitrogens with zero attached hydrogens (tertiary/aromatic N) is 2. The number of ether oxygens (including phenoxy) is 2. The van der Waals surface area contributed by atoms with Gasteiger partial charge in [0.15, 0.2) is 6.61 Å². The van der Waals surface area contributed by atoms with E-state index < -0.39 is 18.6 Å². The zero-order chi connectivity index (χ0) is 22.0. The first-order valence-corrected chi connectivity index (χ1v) is 10.5. The van der Waals surface area contributed by atoms with Crippen molar-refractivity contribution >= 4 is 23.6 Å². The summed E-state index contributed by atoms with van der Waals surface area (Å²) in [5.74, 6) is -2.28. The molecule has 8 heteroatoms. The Balaban J connectivity index is 1.62. The molecule has 1 aliphatic carbocycles. The van der Waals surface area contributed by atoms with Gasteiger partial charge in [0.25, 0.3) is 0 Å². The first-order chi connectivity index (χ1) is 14.3. The molecule has 0 radical (unpaired) electrons. The molecule has 30 heavy (non-hydrogen) atoms. The van der Waals surface area contributed by atoms with Crippen molar-refractivity contribution < 1.29 is 28.7 Å². The highest BCUT2D eigenvalue weighted by Gasteiger charge is 2.51. The number of esters is 1. The number of Topliss-reactive ketones (excluding diaryl/α,β-unsaturated/α-hetero) is 1. The molecule has 0 bridgehead atoms. The van der Waals surface area contributed by atoms with E-state index in [0.29, 0.717) is 31.6 Å². The van der Waals surface area contributed by atoms with Crippen molar-refractivity contribution in [2.24, 2.45) is 11.8 Å². The summed E-state index contributed by atoms with van der Waals surface area (Å²) in [7, 11) is 1.62. The van der Waals surface area contributed by atoms with Crippen molar-refractivity contribution in [2.45, 2.75) is 59.0 Å². The van der Waals surface area contributed by atoms with Crippen LogP contribution in [-0.2, 0) is 30.4 Å². The summed E-state index contributed by atoms with van der Waals surface area (Å²) in [6.45, 7) is 5.94. The van der Waals surface area contributed by atoms with Crippen LogP contribution in [0.2, 0.25) is 0 Å². The SMILES string of the molecule is COCCn1c(C)cc(C(=O)COC(=O)[C@H](C)N2C(=O)[C@H]3CCCC[C@@H]3C2=O)c1C. The zero-order valence-electron chi connectivity index (χ0n) is 18.1. The molecular formula is C22H30N2O6. The van der Waals surface area contributed by atoms with Gasteiger partial charge in [-0.15, -0.1) is 0 Å². The number of aryl methyl sites for hydroxylation is 1. The van der Waals surface area contributed by atoms with Crippen molar-refractivity contribution in [1.29, 1.82) is 0 Å². The highest BCUT2D eigenvalue weighted by Crippen LogP contribution is 2.38. The number of carbonyl (C=O) groups is 4. The average Bonchev–Trinajstić information content (AvgIpc) is 3.16. The standard InChI is InChI=1S/C22H30N2O6/c1-13-11-18(14(2)23(13)9-10-29-4)19(25)12-30-22(28)15(3)24-20(26)16-7-5-6-8-17(16)21(24)27/h11,15-17H,5-10,12H2,1-4H3/t15-,16-,17-/m0/s1. The summed E-state index contributed by atoms with van der Waals surface area (Å²) in [6, 6.07) is 0.737. The molecule has 0 aromatic carbocycles. The molecule has 0 unspecified atom stereocenters. The average molecular weight is 418 g/mol. The van der Waals surface area contributed by atoms with Gasteiger partial charge >= 0.3 is 5.97 Å². The number of imide groups is 1. The minimum atomic E-state index is -1.03. The number of carbonyl (C=O) groups excluding carboxylic acids is 4. The number of likely N-dealkylation sites (tertiary alicyclic amines) is 1. The fourth-order valence-electron chi connectivity index (χ4n) is 4.62. The first-order valence-electron chi connectivity index (χ1n) is 10.5. The van der Waals surface area contributed by atoms with Crippen LogP contribution in [0.4, 0.5) is 0 Å². The Hall–Kier alpha value is -2.48. The maximum absolute atomic E-state index is 12.6. The van der Waals surface area contributed by atoms with Gasteiger partial charge in [-0.2, -0.15) is 0 Å². The molecule has 1 aliphatic heterocycles. The fraction of sp³-hybridized carbons (Fsp3) is 0.636. The van der Waals surface area contributed by atoms with Crippen LogP contribution in [0.15, 0.2) is 6.07 Å². The van der Waals surface area contributed by atoms with Crippen LogP contribution < -0.4 is 0 Å². The van der Waals surface area contributed by atoms with E-state index >= 15 is 0 Å². The van der Waals surface area contributed by atoms with Gasteiger partial charge in [0.1, 0.15) is 6.04 Å². The third-order valence-corrected chi connectivity index (χ3v) is 6.34. The van der Waals surface area contributed by atoms with Crippen molar-refractivity contribution in [2.75, 3.05) is 20.3 Å². The van der Waals surface area contributed by atoms with Crippen molar-refractivity contribution in [3.8, 4) is 0 Å². The molecule has 8 nitrogen and oxygen atoms in total. The highest BCUT2D eigenvalue weighted by molar-refractivity contribution is 6.08. The lowest BCUT2D eigenvalue weighted by Crippen LogP contribution is -2.44. The molecule has 164 valence electrons. The van der Waals surface area contributed by atoms with Crippen molar-refractivity contribution in [3.63, 3.8) is 0 Å². The Morgan fingerprint density at radius 1 is 1.13 bits per heavy atom. The van der Waals surface area contributed by atoms with E-state index in [4.69, 9.17) is 9.47 Å². The summed E-state index contributed by atoms with van der Waals surface area (Å²) >= 11 is 0. The third-order valence-electron chi connectivity index (χ3n) is 6.34. The predicted molar refractivity (Wildman–Crippen MR) is 108 cm³/mol. The number of fused-ring (bicyclic) bond motifs is 1. The number of hydrogen-bond acceptors (Lipinski definition) is 6. The Bertz CT molecular complexity index is 834. The van der Waals surface area contributed by atoms with Crippen LogP contribution in [0.5, 0.6) is 0 Å². The Kier molecular flexibility index (Phi) is 6.75. The van der Waals surface area contributed by atoms with Gasteiger partial charge in [-0.1, -0.05) is 12.8 Å². The van der Waals surface area contributed by atoms with Gasteiger partial charge in [0.05, 0.1) is 18.4 Å². The van der Waals surface area contributed by atoms with Gasteiger partial charge < -0.3 is 14.0 Å². The highest BCUT2D eigenvalue weighted by atomic mass is 16.5. The normalized spacial score (nSPS) is 22.2. The molecule has 1 saturated heterocycles. The maximum Gasteiger partial charge on any atom is 0.329 e. The maximum atomic E-state index is 12.6. The van der Waals surface area contributed by atoms with Crippen molar-refractivity contribution in [1.82, 2.24) is 9.47 Å². The van der Waals surface area contributed by atoms with Crippen LogP contribution >= 0.6 is 0 Å². The predicted octanol–water partition coefficient (Wildman–Crippen LogP) is 2.04. The summed E-state index contributed by atoms with van der Waals surface area (Å²) < 4.78 is 12.3. The van der Waals surface area contributed by atoms with Crippen LogP contribution in [0, 0.1) is 25.7 Å². The Labute approximate surface area is 176 Å². The fourth-order valence-corrected chi connectivity index (χ4v) is 4.62.